The van der Waals surface area contributed by atoms with Gasteiger partial charge >= 0.3 is 6.09 Å². The minimum absolute atomic E-state index is 0.303. The number of hydrogen-bond acceptors (Lipinski definition) is 2. The predicted molar refractivity (Wildman–Crippen MR) is 102 cm³/mol. The van der Waals surface area contributed by atoms with Crippen molar-refractivity contribution in [3.63, 3.8) is 0 Å². The van der Waals surface area contributed by atoms with Crippen LogP contribution in [0.2, 0.25) is 5.02 Å². The second-order valence-electron chi connectivity index (χ2n) is 6.64. The summed E-state index contributed by atoms with van der Waals surface area (Å²) in [6.07, 6.45) is 1.92. The first-order valence-electron chi connectivity index (χ1n) is 8.72. The van der Waals surface area contributed by atoms with E-state index in [2.05, 4.69) is 11.9 Å². The quantitative estimate of drug-likeness (QED) is 0.788. The molecule has 1 saturated heterocycles. The van der Waals surface area contributed by atoms with Crippen LogP contribution < -0.4 is 4.90 Å². The summed E-state index contributed by atoms with van der Waals surface area (Å²) in [4.78, 5) is 15.5. The van der Waals surface area contributed by atoms with E-state index in [0.717, 1.165) is 25.8 Å². The van der Waals surface area contributed by atoms with E-state index in [1.807, 2.05) is 0 Å². The molecule has 1 aliphatic rings. The molecular formula is C20H22ClFN2O2. The third-order valence-corrected chi connectivity index (χ3v) is 5.24. The highest BCUT2D eigenvalue weighted by Gasteiger charge is 2.25. The van der Waals surface area contributed by atoms with Crippen LogP contribution in [0, 0.1) is 5.82 Å². The van der Waals surface area contributed by atoms with Crippen molar-refractivity contribution in [3.8, 4) is 11.1 Å². The fourth-order valence-electron chi connectivity index (χ4n) is 3.58. The van der Waals surface area contributed by atoms with Crippen LogP contribution in [0.1, 0.15) is 19.3 Å². The number of anilines is 1. The van der Waals surface area contributed by atoms with Crippen LogP contribution in [0.25, 0.3) is 11.1 Å². The molecule has 0 spiro atoms. The van der Waals surface area contributed by atoms with E-state index < -0.39 is 11.9 Å². The highest BCUT2D eigenvalue weighted by atomic mass is 35.5. The molecule has 1 unspecified atom stereocenters. The van der Waals surface area contributed by atoms with Crippen LogP contribution in [0.3, 0.4) is 0 Å². The molecule has 0 aromatic heterocycles. The van der Waals surface area contributed by atoms with E-state index >= 15 is 0 Å². The zero-order valence-corrected chi connectivity index (χ0v) is 15.4. The van der Waals surface area contributed by atoms with Crippen LogP contribution in [0.4, 0.5) is 14.9 Å². The molecule has 2 aromatic rings. The van der Waals surface area contributed by atoms with Crippen molar-refractivity contribution >= 4 is 23.4 Å². The first-order valence-corrected chi connectivity index (χ1v) is 9.10. The molecule has 138 valence electrons. The summed E-state index contributed by atoms with van der Waals surface area (Å²) in [7, 11) is 2.07. The van der Waals surface area contributed by atoms with Crippen LogP contribution in [-0.2, 0) is 0 Å². The van der Waals surface area contributed by atoms with Crippen LogP contribution in [0.5, 0.6) is 0 Å². The monoisotopic (exact) mass is 376 g/mol. The second-order valence-corrected chi connectivity index (χ2v) is 7.08. The van der Waals surface area contributed by atoms with Gasteiger partial charge < -0.3 is 10.0 Å². The van der Waals surface area contributed by atoms with E-state index in [9.17, 15) is 14.3 Å². The Morgan fingerprint density at radius 3 is 2.77 bits per heavy atom. The minimum Gasteiger partial charge on any atom is -0.465 e. The topological polar surface area (TPSA) is 43.8 Å². The number of carbonyl (C=O) groups is 1. The largest absolute Gasteiger partial charge is 0.465 e. The first-order chi connectivity index (χ1) is 12.5. The molecule has 3 rings (SSSR count). The van der Waals surface area contributed by atoms with Gasteiger partial charge in [0.1, 0.15) is 5.82 Å². The third kappa shape index (κ3) is 4.00. The minimum atomic E-state index is -1.04. The molecule has 1 atom stereocenters. The van der Waals surface area contributed by atoms with Crippen molar-refractivity contribution in [3.05, 3.63) is 53.3 Å². The lowest BCUT2D eigenvalue weighted by Crippen LogP contribution is -2.35. The van der Waals surface area contributed by atoms with Gasteiger partial charge in [0, 0.05) is 28.7 Å². The summed E-state index contributed by atoms with van der Waals surface area (Å²) >= 11 is 6.02. The van der Waals surface area contributed by atoms with E-state index in [1.54, 1.807) is 24.3 Å². The third-order valence-electron chi connectivity index (χ3n) is 5.00. The van der Waals surface area contributed by atoms with E-state index in [0.29, 0.717) is 34.4 Å². The van der Waals surface area contributed by atoms with Crippen LogP contribution in [0.15, 0.2) is 42.5 Å². The molecule has 2 aromatic carbocycles. The summed E-state index contributed by atoms with van der Waals surface area (Å²) in [5.74, 6) is -0.428. The molecular weight excluding hydrogens is 355 g/mol. The molecule has 0 saturated carbocycles. The number of likely N-dealkylation sites (tertiary alicyclic amines) is 1. The molecule has 1 amide bonds. The van der Waals surface area contributed by atoms with Gasteiger partial charge in [-0.25, -0.2) is 9.18 Å². The predicted octanol–water partition coefficient (Wildman–Crippen LogP) is 5.11. The average Bonchev–Trinajstić information content (AvgIpc) is 3.02. The lowest BCUT2D eigenvalue weighted by molar-refractivity contribution is 0.200. The Labute approximate surface area is 157 Å². The Kier molecular flexibility index (Phi) is 5.79. The lowest BCUT2D eigenvalue weighted by atomic mass is 10.0. The smallest absolute Gasteiger partial charge is 0.411 e. The summed E-state index contributed by atoms with van der Waals surface area (Å²) in [6.45, 7) is 1.41. The fourth-order valence-corrected chi connectivity index (χ4v) is 3.75. The highest BCUT2D eigenvalue weighted by molar-refractivity contribution is 6.30. The Balaban J connectivity index is 1.92. The van der Waals surface area contributed by atoms with E-state index in [1.165, 1.54) is 23.1 Å². The molecule has 1 aliphatic heterocycles. The number of hydrogen-bond donors (Lipinski definition) is 1. The molecule has 0 radical (unpaired) electrons. The molecule has 4 nitrogen and oxygen atoms in total. The SMILES string of the molecule is CN1CCCC1CCN(C(=O)O)c1ccccc1-c1cc(Cl)ccc1F. The molecule has 1 N–H and O–H groups in total. The number of rotatable bonds is 5. The van der Waals surface area contributed by atoms with Gasteiger partial charge in [0.2, 0.25) is 0 Å². The fraction of sp³-hybridized carbons (Fsp3) is 0.350. The maximum Gasteiger partial charge on any atom is 0.411 e. The van der Waals surface area contributed by atoms with E-state index in [4.69, 9.17) is 11.6 Å². The molecule has 26 heavy (non-hydrogen) atoms. The molecule has 0 bridgehead atoms. The summed E-state index contributed by atoms with van der Waals surface area (Å²) in [5, 5.41) is 10.2. The number of nitrogens with zero attached hydrogens (tertiary/aromatic N) is 2. The van der Waals surface area contributed by atoms with Gasteiger partial charge in [-0.2, -0.15) is 0 Å². The van der Waals surface area contributed by atoms with Gasteiger partial charge in [0.25, 0.3) is 0 Å². The maximum atomic E-state index is 14.4. The zero-order chi connectivity index (χ0) is 18.7. The lowest BCUT2D eigenvalue weighted by Gasteiger charge is -2.26. The van der Waals surface area contributed by atoms with Crippen molar-refractivity contribution in [1.29, 1.82) is 0 Å². The number of amides is 1. The van der Waals surface area contributed by atoms with Crippen molar-refractivity contribution in [1.82, 2.24) is 4.90 Å². The zero-order valence-electron chi connectivity index (χ0n) is 14.7. The summed E-state index contributed by atoms with van der Waals surface area (Å²) < 4.78 is 14.4. The van der Waals surface area contributed by atoms with E-state index in [-0.39, 0.29) is 0 Å². The Bertz CT molecular complexity index is 799. The Hall–Kier alpha value is -2.11. The van der Waals surface area contributed by atoms with Crippen LogP contribution in [-0.4, -0.2) is 42.3 Å². The number of benzene rings is 2. The van der Waals surface area contributed by atoms with Crippen LogP contribution >= 0.6 is 11.6 Å². The second kappa shape index (κ2) is 8.06. The van der Waals surface area contributed by atoms with Gasteiger partial charge in [0.15, 0.2) is 0 Å². The van der Waals surface area contributed by atoms with Crippen molar-refractivity contribution < 1.29 is 14.3 Å². The van der Waals surface area contributed by atoms with Gasteiger partial charge in [-0.15, -0.1) is 0 Å². The normalized spacial score (nSPS) is 17.4. The maximum absolute atomic E-state index is 14.4. The average molecular weight is 377 g/mol. The molecule has 6 heteroatoms. The standard InChI is InChI=1S/C20H22ClFN2O2/c1-23-11-4-5-15(23)10-12-24(20(25)26)19-7-3-2-6-16(19)17-13-14(21)8-9-18(17)22/h2-3,6-9,13,15H,4-5,10-12H2,1H3,(H,25,26). The molecule has 1 heterocycles. The van der Waals surface area contributed by atoms with Crippen molar-refractivity contribution in [2.45, 2.75) is 25.3 Å². The Morgan fingerprint density at radius 2 is 2.08 bits per heavy atom. The van der Waals surface area contributed by atoms with Gasteiger partial charge in [-0.3, -0.25) is 4.90 Å². The summed E-state index contributed by atoms with van der Waals surface area (Å²) in [5.41, 5.74) is 1.30. The van der Waals surface area contributed by atoms with Crippen molar-refractivity contribution in [2.75, 3.05) is 25.0 Å². The van der Waals surface area contributed by atoms with Gasteiger partial charge in [0.05, 0.1) is 5.69 Å². The highest BCUT2D eigenvalue weighted by Crippen LogP contribution is 2.34. The molecule has 1 fully saturated rings. The number of para-hydroxylation sites is 1. The molecule has 0 aliphatic carbocycles. The number of halogens is 2. The van der Waals surface area contributed by atoms with Gasteiger partial charge in [-0.1, -0.05) is 29.8 Å². The summed E-state index contributed by atoms with van der Waals surface area (Å²) in [6, 6.07) is 11.7. The van der Waals surface area contributed by atoms with Crippen molar-refractivity contribution in [2.24, 2.45) is 0 Å². The Morgan fingerprint density at radius 1 is 1.31 bits per heavy atom. The number of carboxylic acid groups (broad SMARTS) is 1. The first kappa shape index (κ1) is 18.7. The van der Waals surface area contributed by atoms with Gasteiger partial charge in [-0.05, 0) is 57.1 Å².